The van der Waals surface area contributed by atoms with Gasteiger partial charge in [0.05, 0.1) is 10.5 Å². The fraction of sp³-hybridized carbons (Fsp3) is 0.0833. The minimum atomic E-state index is -4.74. The first-order valence-electron chi connectivity index (χ1n) is 6.16. The van der Waals surface area contributed by atoms with Gasteiger partial charge in [0.1, 0.15) is 5.69 Å². The molecule has 0 atom stereocenters. The van der Waals surface area contributed by atoms with Crippen molar-refractivity contribution < 1.29 is 22.9 Å². The number of nitro groups is 1. The molecule has 0 aliphatic carbocycles. The Hall–Kier alpha value is -3.44. The Morgan fingerprint density at radius 1 is 1.25 bits per heavy atom. The number of H-pyrrole nitrogens is 1. The van der Waals surface area contributed by atoms with E-state index in [1.54, 1.807) is 0 Å². The van der Waals surface area contributed by atoms with Gasteiger partial charge in [-0.05, 0) is 18.2 Å². The number of benzene rings is 1. The lowest BCUT2D eigenvalue weighted by atomic mass is 10.1. The van der Waals surface area contributed by atoms with Crippen LogP contribution in [0.4, 0.5) is 24.5 Å². The molecule has 0 aliphatic heterocycles. The van der Waals surface area contributed by atoms with E-state index < -0.39 is 33.8 Å². The molecule has 0 unspecified atom stereocenters. The van der Waals surface area contributed by atoms with Crippen molar-refractivity contribution in [3.63, 3.8) is 0 Å². The number of hydrazine groups is 1. The van der Waals surface area contributed by atoms with Gasteiger partial charge in [0.2, 0.25) is 0 Å². The summed E-state index contributed by atoms with van der Waals surface area (Å²) in [5, 5.41) is 16.3. The summed E-state index contributed by atoms with van der Waals surface area (Å²) in [5.41, 5.74) is 0.988. The molecule has 2 aromatic rings. The van der Waals surface area contributed by atoms with Gasteiger partial charge in [-0.2, -0.15) is 18.3 Å². The van der Waals surface area contributed by atoms with Gasteiger partial charge < -0.3 is 0 Å². The highest BCUT2D eigenvalue weighted by Gasteiger charge is 2.33. The summed E-state index contributed by atoms with van der Waals surface area (Å²) in [5.74, 6) is -0.861. The molecule has 126 valence electrons. The summed E-state index contributed by atoms with van der Waals surface area (Å²) in [6, 6.07) is 3.90. The predicted molar refractivity (Wildman–Crippen MR) is 74.0 cm³/mol. The molecule has 0 bridgehead atoms. The Kier molecular flexibility index (Phi) is 4.48. The first kappa shape index (κ1) is 16.9. The third kappa shape index (κ3) is 3.85. The van der Waals surface area contributed by atoms with E-state index in [1.165, 1.54) is 0 Å². The maximum Gasteiger partial charge on any atom is 0.416 e. The average molecular weight is 343 g/mol. The largest absolute Gasteiger partial charge is 0.416 e. The molecule has 0 aliphatic rings. The standard InChI is InChI=1S/C12H8F3N5O4/c13-12(14,15)6-1-2-7(9(5-6)20(23)24)16-19-11(22)8-3-4-10(21)18-17-8/h1-5,16H,(H,18,21)(H,19,22). The van der Waals surface area contributed by atoms with Gasteiger partial charge in [-0.15, -0.1) is 0 Å². The summed E-state index contributed by atoms with van der Waals surface area (Å²) < 4.78 is 37.7. The maximum absolute atomic E-state index is 12.6. The number of carbonyl (C=O) groups excluding carboxylic acids is 1. The molecule has 12 heteroatoms. The van der Waals surface area contributed by atoms with E-state index in [1.807, 2.05) is 10.5 Å². The number of halogens is 3. The molecular formula is C12H8F3N5O4. The Bertz CT molecular complexity index is 829. The molecule has 2 rings (SSSR count). The van der Waals surface area contributed by atoms with Crippen molar-refractivity contribution in [1.82, 2.24) is 15.6 Å². The van der Waals surface area contributed by atoms with Gasteiger partial charge in [-0.1, -0.05) is 0 Å². The first-order valence-corrected chi connectivity index (χ1v) is 6.16. The molecule has 24 heavy (non-hydrogen) atoms. The van der Waals surface area contributed by atoms with E-state index in [4.69, 9.17) is 0 Å². The summed E-state index contributed by atoms with van der Waals surface area (Å²) in [6.45, 7) is 0. The monoisotopic (exact) mass is 343 g/mol. The van der Waals surface area contributed by atoms with Crippen molar-refractivity contribution in [2.24, 2.45) is 0 Å². The Balaban J connectivity index is 2.20. The zero-order valence-corrected chi connectivity index (χ0v) is 11.5. The second kappa shape index (κ2) is 6.36. The fourth-order valence-corrected chi connectivity index (χ4v) is 1.62. The number of nitro benzene ring substituents is 1. The number of nitrogens with zero attached hydrogens (tertiary/aromatic N) is 2. The number of hydrogen-bond acceptors (Lipinski definition) is 6. The van der Waals surface area contributed by atoms with Gasteiger partial charge in [-0.3, -0.25) is 30.6 Å². The Morgan fingerprint density at radius 3 is 2.50 bits per heavy atom. The van der Waals surface area contributed by atoms with Crippen LogP contribution in [0, 0.1) is 10.1 Å². The van der Waals surface area contributed by atoms with E-state index in [9.17, 15) is 32.9 Å². The van der Waals surface area contributed by atoms with Crippen LogP contribution in [-0.4, -0.2) is 21.0 Å². The van der Waals surface area contributed by atoms with Crippen LogP contribution in [0.25, 0.3) is 0 Å². The molecule has 3 N–H and O–H groups in total. The summed E-state index contributed by atoms with van der Waals surface area (Å²) >= 11 is 0. The smallest absolute Gasteiger partial charge is 0.292 e. The highest BCUT2D eigenvalue weighted by atomic mass is 19.4. The highest BCUT2D eigenvalue weighted by molar-refractivity contribution is 5.93. The SMILES string of the molecule is O=C(NNc1ccc(C(F)(F)F)cc1[N+](=O)[O-])c1ccc(=O)[nH]n1. The third-order valence-corrected chi connectivity index (χ3v) is 2.74. The van der Waals surface area contributed by atoms with Crippen LogP contribution >= 0.6 is 0 Å². The van der Waals surface area contributed by atoms with Crippen LogP contribution in [0.5, 0.6) is 0 Å². The molecule has 1 aromatic carbocycles. The van der Waals surface area contributed by atoms with Crippen LogP contribution in [0.2, 0.25) is 0 Å². The molecule has 0 spiro atoms. The second-order valence-electron chi connectivity index (χ2n) is 4.37. The third-order valence-electron chi connectivity index (χ3n) is 2.74. The molecular weight excluding hydrogens is 335 g/mol. The summed E-state index contributed by atoms with van der Waals surface area (Å²) in [7, 11) is 0. The number of nitrogens with one attached hydrogen (secondary N) is 3. The number of aromatic amines is 1. The van der Waals surface area contributed by atoms with E-state index >= 15 is 0 Å². The molecule has 0 saturated carbocycles. The number of carbonyl (C=O) groups is 1. The van der Waals surface area contributed by atoms with Crippen molar-refractivity contribution in [3.05, 3.63) is 62.1 Å². The number of rotatable bonds is 4. The minimum absolute atomic E-state index is 0.211. The number of aromatic nitrogens is 2. The topological polar surface area (TPSA) is 130 Å². The highest BCUT2D eigenvalue weighted by Crippen LogP contribution is 2.34. The van der Waals surface area contributed by atoms with Crippen molar-refractivity contribution in [2.45, 2.75) is 6.18 Å². The minimum Gasteiger partial charge on any atom is -0.292 e. The van der Waals surface area contributed by atoms with Gasteiger partial charge in [0.15, 0.2) is 5.69 Å². The molecule has 1 amide bonds. The van der Waals surface area contributed by atoms with Crippen molar-refractivity contribution in [2.75, 3.05) is 5.43 Å². The molecule has 1 aromatic heterocycles. The van der Waals surface area contributed by atoms with Gasteiger partial charge in [0.25, 0.3) is 17.2 Å². The zero-order chi connectivity index (χ0) is 17.9. The first-order chi connectivity index (χ1) is 11.2. The Labute approximate surface area is 130 Å². The summed E-state index contributed by atoms with van der Waals surface area (Å²) in [4.78, 5) is 32.4. The molecule has 9 nitrogen and oxygen atoms in total. The second-order valence-corrected chi connectivity index (χ2v) is 4.37. The fourth-order valence-electron chi connectivity index (χ4n) is 1.62. The number of alkyl halides is 3. The predicted octanol–water partition coefficient (Wildman–Crippen LogP) is 1.45. The molecule has 1 heterocycles. The van der Waals surface area contributed by atoms with Gasteiger partial charge >= 0.3 is 6.18 Å². The van der Waals surface area contributed by atoms with Crippen molar-refractivity contribution in [1.29, 1.82) is 0 Å². The quantitative estimate of drug-likeness (QED) is 0.569. The van der Waals surface area contributed by atoms with Crippen LogP contribution in [-0.2, 0) is 6.18 Å². The lowest BCUT2D eigenvalue weighted by Crippen LogP contribution is -2.31. The van der Waals surface area contributed by atoms with E-state index in [2.05, 4.69) is 10.5 Å². The number of amides is 1. The molecule has 0 fully saturated rings. The van der Waals surface area contributed by atoms with E-state index in [0.717, 1.165) is 18.2 Å². The molecule has 0 saturated heterocycles. The van der Waals surface area contributed by atoms with Crippen LogP contribution < -0.4 is 16.4 Å². The average Bonchev–Trinajstić information content (AvgIpc) is 2.52. The van der Waals surface area contributed by atoms with Crippen LogP contribution in [0.3, 0.4) is 0 Å². The van der Waals surface area contributed by atoms with Crippen molar-refractivity contribution in [3.8, 4) is 0 Å². The van der Waals surface area contributed by atoms with Crippen LogP contribution in [0.15, 0.2) is 35.1 Å². The molecule has 0 radical (unpaired) electrons. The zero-order valence-electron chi connectivity index (χ0n) is 11.5. The Morgan fingerprint density at radius 2 is 1.96 bits per heavy atom. The number of anilines is 1. The summed E-state index contributed by atoms with van der Waals surface area (Å²) in [6.07, 6.45) is -4.74. The normalized spacial score (nSPS) is 11.0. The number of hydrogen-bond donors (Lipinski definition) is 3. The van der Waals surface area contributed by atoms with E-state index in [0.29, 0.717) is 12.1 Å². The lowest BCUT2D eigenvalue weighted by molar-refractivity contribution is -0.384. The van der Waals surface area contributed by atoms with Gasteiger partial charge in [0, 0.05) is 12.1 Å². The van der Waals surface area contributed by atoms with Crippen LogP contribution in [0.1, 0.15) is 16.1 Å². The van der Waals surface area contributed by atoms with Gasteiger partial charge in [-0.25, -0.2) is 5.10 Å². The van der Waals surface area contributed by atoms with E-state index in [-0.39, 0.29) is 11.4 Å². The lowest BCUT2D eigenvalue weighted by Gasteiger charge is -2.11. The van der Waals surface area contributed by atoms with Crippen molar-refractivity contribution >= 4 is 17.3 Å². The maximum atomic E-state index is 12.6.